The van der Waals surface area contributed by atoms with Crippen molar-refractivity contribution in [2.24, 2.45) is 0 Å². The lowest BCUT2D eigenvalue weighted by molar-refractivity contribution is 0.503. The second-order valence-electron chi connectivity index (χ2n) is 4.62. The second-order valence-corrected chi connectivity index (χ2v) is 4.62. The van der Waals surface area contributed by atoms with E-state index in [0.29, 0.717) is 16.7 Å². The van der Waals surface area contributed by atoms with E-state index in [1.165, 1.54) is 19.2 Å². The molecule has 0 saturated heterocycles. The van der Waals surface area contributed by atoms with Gasteiger partial charge in [-0.25, -0.2) is 13.2 Å². The number of allylic oxidation sites excluding steroid dienone is 1. The van der Waals surface area contributed by atoms with E-state index in [1.54, 1.807) is 26.0 Å². The van der Waals surface area contributed by atoms with Gasteiger partial charge in [0, 0.05) is 11.8 Å². The largest absolute Gasteiger partial charge is 0.253 e. The predicted octanol–water partition coefficient (Wildman–Crippen LogP) is 4.97. The predicted molar refractivity (Wildman–Crippen MR) is 73.8 cm³/mol. The normalized spacial score (nSPS) is 11.8. The maximum absolute atomic E-state index is 13.5. The molecule has 20 heavy (non-hydrogen) atoms. The van der Waals surface area contributed by atoms with Crippen LogP contribution in [0, 0.1) is 25.5 Å². The molecule has 0 saturated carbocycles. The van der Waals surface area contributed by atoms with Crippen LogP contribution in [0.25, 0.3) is 17.0 Å². The Morgan fingerprint density at radius 2 is 1.70 bits per heavy atom. The average Bonchev–Trinajstić information content (AvgIpc) is 2.43. The van der Waals surface area contributed by atoms with E-state index in [2.05, 4.69) is 4.98 Å². The minimum atomic E-state index is -0.902. The summed E-state index contributed by atoms with van der Waals surface area (Å²) in [5.74, 6) is -2.16. The first-order valence-electron chi connectivity index (χ1n) is 6.19. The van der Waals surface area contributed by atoms with Crippen molar-refractivity contribution in [1.82, 2.24) is 4.98 Å². The van der Waals surface area contributed by atoms with Gasteiger partial charge < -0.3 is 0 Å². The highest BCUT2D eigenvalue weighted by Crippen LogP contribution is 2.27. The van der Waals surface area contributed by atoms with Crippen LogP contribution in [0.3, 0.4) is 0 Å². The molecule has 0 radical (unpaired) electrons. The Morgan fingerprint density at radius 3 is 2.25 bits per heavy atom. The van der Waals surface area contributed by atoms with E-state index in [-0.39, 0.29) is 11.3 Å². The van der Waals surface area contributed by atoms with Crippen LogP contribution in [0.4, 0.5) is 13.2 Å². The number of hydrogen-bond donors (Lipinski definition) is 0. The third-order valence-corrected chi connectivity index (χ3v) is 3.10. The molecule has 0 N–H and O–H groups in total. The fourth-order valence-electron chi connectivity index (χ4n) is 2.01. The summed E-state index contributed by atoms with van der Waals surface area (Å²) in [7, 11) is 0. The number of nitrogens with zero attached hydrogens (tertiary/aromatic N) is 1. The van der Waals surface area contributed by atoms with Crippen LogP contribution in [0.2, 0.25) is 0 Å². The first kappa shape index (κ1) is 14.3. The van der Waals surface area contributed by atoms with Gasteiger partial charge in [0.25, 0.3) is 0 Å². The molecule has 0 bridgehead atoms. The lowest BCUT2D eigenvalue weighted by Crippen LogP contribution is -1.94. The fraction of sp³-hybridized carbons (Fsp3) is 0.188. The lowest BCUT2D eigenvalue weighted by atomic mass is 10.0. The molecule has 104 valence electrons. The summed E-state index contributed by atoms with van der Waals surface area (Å²) in [6.07, 6.45) is 2.79. The molecule has 0 aliphatic carbocycles. The topological polar surface area (TPSA) is 12.9 Å². The summed E-state index contributed by atoms with van der Waals surface area (Å²) in [5, 5.41) is 0. The van der Waals surface area contributed by atoms with Crippen molar-refractivity contribution in [1.29, 1.82) is 0 Å². The quantitative estimate of drug-likeness (QED) is 0.755. The summed E-state index contributed by atoms with van der Waals surface area (Å²) >= 11 is 0. The van der Waals surface area contributed by atoms with E-state index >= 15 is 0 Å². The van der Waals surface area contributed by atoms with Crippen molar-refractivity contribution in [2.45, 2.75) is 20.8 Å². The summed E-state index contributed by atoms with van der Waals surface area (Å²) in [6.45, 7) is 4.81. The van der Waals surface area contributed by atoms with Gasteiger partial charge >= 0.3 is 0 Å². The van der Waals surface area contributed by atoms with Gasteiger partial charge in [0.1, 0.15) is 11.5 Å². The maximum atomic E-state index is 13.5. The Hall–Kier alpha value is -2.10. The van der Waals surface area contributed by atoms with Gasteiger partial charge in [-0.2, -0.15) is 0 Å². The molecule has 1 nitrogen and oxygen atoms in total. The van der Waals surface area contributed by atoms with Gasteiger partial charge in [0.15, 0.2) is 11.6 Å². The molecular formula is C16H14F3N. The van der Waals surface area contributed by atoms with Crippen molar-refractivity contribution >= 4 is 5.83 Å². The van der Waals surface area contributed by atoms with E-state index in [0.717, 1.165) is 6.07 Å². The highest BCUT2D eigenvalue weighted by atomic mass is 19.2. The highest BCUT2D eigenvalue weighted by Gasteiger charge is 2.11. The first-order chi connectivity index (χ1) is 9.43. The molecule has 1 aromatic heterocycles. The van der Waals surface area contributed by atoms with Crippen LogP contribution in [0.5, 0.6) is 0 Å². The number of aromatic nitrogens is 1. The summed E-state index contributed by atoms with van der Waals surface area (Å²) < 4.78 is 40.2. The highest BCUT2D eigenvalue weighted by molar-refractivity contribution is 5.67. The van der Waals surface area contributed by atoms with Gasteiger partial charge in [0.05, 0.1) is 0 Å². The maximum Gasteiger partial charge on any atom is 0.161 e. The number of halogens is 3. The number of hydrogen-bond acceptors (Lipinski definition) is 1. The molecule has 4 heteroatoms. The molecule has 2 aromatic rings. The summed E-state index contributed by atoms with van der Waals surface area (Å²) in [6, 6.07) is 4.36. The SMILES string of the molecule is C/C=C(/F)c1ncc(-c2cc(C)c(F)c(F)c2)cc1C. The van der Waals surface area contributed by atoms with Crippen LogP contribution >= 0.6 is 0 Å². The number of aryl methyl sites for hydroxylation is 2. The standard InChI is InChI=1S/C16H14F3N/c1-4-13(17)16-10(3)6-12(8-20-16)11-5-9(2)15(19)14(18)7-11/h4-8H,1-3H3/b13-4+. The molecule has 0 atom stereocenters. The zero-order valence-electron chi connectivity index (χ0n) is 11.5. The molecule has 0 amide bonds. The van der Waals surface area contributed by atoms with Gasteiger partial charge in [0.2, 0.25) is 0 Å². The third kappa shape index (κ3) is 2.59. The van der Waals surface area contributed by atoms with Gasteiger partial charge in [-0.3, -0.25) is 4.98 Å². The Kier molecular flexibility index (Phi) is 3.93. The zero-order valence-corrected chi connectivity index (χ0v) is 11.5. The van der Waals surface area contributed by atoms with Gasteiger partial charge in [-0.15, -0.1) is 0 Å². The Balaban J connectivity index is 2.52. The third-order valence-electron chi connectivity index (χ3n) is 3.10. The number of rotatable bonds is 2. The second kappa shape index (κ2) is 5.49. The summed E-state index contributed by atoms with van der Waals surface area (Å²) in [5.41, 5.74) is 2.26. The molecule has 2 rings (SSSR count). The fourth-order valence-corrected chi connectivity index (χ4v) is 2.01. The molecule has 0 fully saturated rings. The molecule has 0 spiro atoms. The van der Waals surface area contributed by atoms with Crippen LogP contribution in [-0.4, -0.2) is 4.98 Å². The lowest BCUT2D eigenvalue weighted by Gasteiger charge is -2.08. The zero-order chi connectivity index (χ0) is 14.9. The Bertz CT molecular complexity index is 667. The molecule has 1 heterocycles. The van der Waals surface area contributed by atoms with Crippen LogP contribution < -0.4 is 0 Å². The summed E-state index contributed by atoms with van der Waals surface area (Å²) in [4.78, 5) is 4.05. The van der Waals surface area contributed by atoms with E-state index in [1.807, 2.05) is 0 Å². The molecular weight excluding hydrogens is 263 g/mol. The van der Waals surface area contributed by atoms with Crippen molar-refractivity contribution in [2.75, 3.05) is 0 Å². The monoisotopic (exact) mass is 277 g/mol. The van der Waals surface area contributed by atoms with Crippen LogP contribution in [-0.2, 0) is 0 Å². The van der Waals surface area contributed by atoms with Crippen LogP contribution in [0.15, 0.2) is 30.5 Å². The average molecular weight is 277 g/mol. The number of pyridine rings is 1. The van der Waals surface area contributed by atoms with E-state index in [4.69, 9.17) is 0 Å². The van der Waals surface area contributed by atoms with Gasteiger partial charge in [-0.05, 0) is 61.7 Å². The van der Waals surface area contributed by atoms with Gasteiger partial charge in [-0.1, -0.05) is 0 Å². The molecule has 0 aliphatic rings. The molecule has 0 unspecified atom stereocenters. The van der Waals surface area contributed by atoms with Crippen LogP contribution in [0.1, 0.15) is 23.7 Å². The van der Waals surface area contributed by atoms with Crippen molar-refractivity contribution in [3.05, 3.63) is 58.9 Å². The van der Waals surface area contributed by atoms with Crippen molar-refractivity contribution in [3.8, 4) is 11.1 Å². The minimum absolute atomic E-state index is 0.223. The minimum Gasteiger partial charge on any atom is -0.253 e. The van der Waals surface area contributed by atoms with E-state index < -0.39 is 17.5 Å². The van der Waals surface area contributed by atoms with E-state index in [9.17, 15) is 13.2 Å². The smallest absolute Gasteiger partial charge is 0.161 e. The first-order valence-corrected chi connectivity index (χ1v) is 6.19. The Morgan fingerprint density at radius 1 is 1.05 bits per heavy atom. The van der Waals surface area contributed by atoms with Crippen molar-refractivity contribution < 1.29 is 13.2 Å². The number of benzene rings is 1. The molecule has 0 aliphatic heterocycles. The van der Waals surface area contributed by atoms with Crippen molar-refractivity contribution in [3.63, 3.8) is 0 Å². The Labute approximate surface area is 115 Å². The molecule has 1 aromatic carbocycles.